The summed E-state index contributed by atoms with van der Waals surface area (Å²) < 4.78 is 26.9. The summed E-state index contributed by atoms with van der Waals surface area (Å²) >= 11 is 1.24. The van der Waals surface area contributed by atoms with Crippen LogP contribution in [0.4, 0.5) is 0 Å². The molecule has 124 valence electrons. The molecule has 0 fully saturated rings. The van der Waals surface area contributed by atoms with Crippen molar-refractivity contribution in [1.82, 2.24) is 3.97 Å². The summed E-state index contributed by atoms with van der Waals surface area (Å²) in [7, 11) is -3.66. The number of hydrogen-bond acceptors (Lipinski definition) is 4. The van der Waals surface area contributed by atoms with Gasteiger partial charge in [-0.15, -0.1) is 0 Å². The highest BCUT2D eigenvalue weighted by atomic mass is 32.2. The summed E-state index contributed by atoms with van der Waals surface area (Å²) in [6.07, 6.45) is 1.53. The van der Waals surface area contributed by atoms with Gasteiger partial charge in [-0.2, -0.15) is 0 Å². The van der Waals surface area contributed by atoms with Gasteiger partial charge in [-0.3, -0.25) is 4.79 Å². The van der Waals surface area contributed by atoms with Gasteiger partial charge in [0.05, 0.1) is 10.4 Å². The lowest BCUT2D eigenvalue weighted by Crippen LogP contribution is -2.11. The Labute approximate surface area is 145 Å². The second-order valence-electron chi connectivity index (χ2n) is 5.42. The van der Waals surface area contributed by atoms with Crippen LogP contribution in [0.3, 0.4) is 0 Å². The molecule has 1 heterocycles. The number of fused-ring (bicyclic) bond motifs is 1. The zero-order chi connectivity index (χ0) is 17.3. The van der Waals surface area contributed by atoms with Crippen molar-refractivity contribution in [3.63, 3.8) is 0 Å². The van der Waals surface area contributed by atoms with E-state index in [4.69, 9.17) is 0 Å². The fourth-order valence-corrected chi connectivity index (χ4v) is 4.40. The maximum absolute atomic E-state index is 12.8. The monoisotopic (exact) mass is 359 g/mol. The second kappa shape index (κ2) is 6.45. The van der Waals surface area contributed by atoms with Gasteiger partial charge in [-0.25, -0.2) is 12.4 Å². The van der Waals surface area contributed by atoms with Crippen LogP contribution in [0.5, 0.6) is 0 Å². The molecule has 0 atom stereocenters. The summed E-state index contributed by atoms with van der Waals surface area (Å²) in [6, 6.07) is 13.6. The number of benzene rings is 2. The van der Waals surface area contributed by atoms with Crippen molar-refractivity contribution >= 4 is 37.8 Å². The first-order chi connectivity index (χ1) is 11.4. The van der Waals surface area contributed by atoms with Crippen LogP contribution in [-0.2, 0) is 10.0 Å². The minimum absolute atomic E-state index is 0.00598. The average Bonchev–Trinajstić information content (AvgIpc) is 2.99. The van der Waals surface area contributed by atoms with Crippen LogP contribution in [0.15, 0.2) is 59.6 Å². The van der Waals surface area contributed by atoms with E-state index in [1.54, 1.807) is 48.5 Å². The number of thioether (sulfide) groups is 1. The zero-order valence-corrected chi connectivity index (χ0v) is 15.0. The van der Waals surface area contributed by atoms with Crippen LogP contribution < -0.4 is 0 Å². The molecule has 0 N–H and O–H groups in total. The Bertz CT molecular complexity index is 1000. The number of carbonyl (C=O) groups excluding carboxylic acids is 1. The van der Waals surface area contributed by atoms with Gasteiger partial charge in [0.25, 0.3) is 10.0 Å². The van der Waals surface area contributed by atoms with Crippen molar-refractivity contribution in [2.45, 2.75) is 18.7 Å². The first-order valence-corrected chi connectivity index (χ1v) is 9.96. The quantitative estimate of drug-likeness (QED) is 0.704. The molecule has 0 unspecified atom stereocenters. The first-order valence-electron chi connectivity index (χ1n) is 7.54. The first kappa shape index (κ1) is 16.8. The topological polar surface area (TPSA) is 56.1 Å². The van der Waals surface area contributed by atoms with Gasteiger partial charge in [0.2, 0.25) is 5.12 Å². The van der Waals surface area contributed by atoms with E-state index in [0.29, 0.717) is 16.8 Å². The fraction of sp³-hybridized carbons (Fsp3) is 0.167. The Morgan fingerprint density at radius 3 is 2.46 bits per heavy atom. The molecule has 6 heteroatoms. The molecular weight excluding hydrogens is 342 g/mol. The van der Waals surface area contributed by atoms with Crippen LogP contribution in [0.25, 0.3) is 10.9 Å². The Morgan fingerprint density at radius 2 is 1.79 bits per heavy atom. The molecule has 0 spiro atoms. The van der Waals surface area contributed by atoms with Crippen LogP contribution in [0.2, 0.25) is 0 Å². The molecule has 0 aliphatic heterocycles. The largest absolute Gasteiger partial charge is 0.282 e. The fourth-order valence-electron chi connectivity index (χ4n) is 2.49. The van der Waals surface area contributed by atoms with Gasteiger partial charge >= 0.3 is 0 Å². The molecule has 0 aliphatic rings. The number of aryl methyl sites for hydroxylation is 1. The zero-order valence-electron chi connectivity index (χ0n) is 13.4. The van der Waals surface area contributed by atoms with Gasteiger partial charge in [0.1, 0.15) is 0 Å². The second-order valence-corrected chi connectivity index (χ2v) is 8.48. The molecule has 0 radical (unpaired) electrons. The highest BCUT2D eigenvalue weighted by molar-refractivity contribution is 8.14. The molecule has 3 aromatic rings. The van der Waals surface area contributed by atoms with E-state index in [-0.39, 0.29) is 10.0 Å². The summed E-state index contributed by atoms with van der Waals surface area (Å²) in [5.74, 6) is 0.708. The molecule has 0 amide bonds. The predicted octanol–water partition coefficient (Wildman–Crippen LogP) is 4.08. The third kappa shape index (κ3) is 2.99. The molecule has 1 aromatic heterocycles. The summed E-state index contributed by atoms with van der Waals surface area (Å²) in [6.45, 7) is 3.83. The van der Waals surface area contributed by atoms with Crippen LogP contribution in [0.1, 0.15) is 22.8 Å². The minimum Gasteiger partial charge on any atom is -0.282 e. The van der Waals surface area contributed by atoms with Gasteiger partial charge in [-0.05, 0) is 49.1 Å². The van der Waals surface area contributed by atoms with E-state index in [9.17, 15) is 13.2 Å². The normalized spacial score (nSPS) is 11.8. The lowest BCUT2D eigenvalue weighted by atomic mass is 10.2. The number of carbonyl (C=O) groups is 1. The van der Waals surface area contributed by atoms with Crippen molar-refractivity contribution < 1.29 is 13.2 Å². The highest BCUT2D eigenvalue weighted by Crippen LogP contribution is 2.25. The Kier molecular flexibility index (Phi) is 4.51. The van der Waals surface area contributed by atoms with E-state index in [2.05, 4.69) is 0 Å². The van der Waals surface area contributed by atoms with Gasteiger partial charge in [0, 0.05) is 17.1 Å². The van der Waals surface area contributed by atoms with Gasteiger partial charge in [-0.1, -0.05) is 36.4 Å². The number of nitrogens with zero attached hydrogens (tertiary/aromatic N) is 1. The molecule has 4 nitrogen and oxygen atoms in total. The van der Waals surface area contributed by atoms with Crippen molar-refractivity contribution in [1.29, 1.82) is 0 Å². The molecular formula is C18H17NO3S2. The van der Waals surface area contributed by atoms with E-state index in [1.165, 1.54) is 21.9 Å². The van der Waals surface area contributed by atoms with Gasteiger partial charge < -0.3 is 0 Å². The standard InChI is InChI=1S/C18H17NO3S2/c1-3-23-18(20)15-6-9-17-14(12-15)10-11-19(17)24(21,22)16-7-4-13(2)5-8-16/h4-12H,3H2,1-2H3. The molecule has 0 bridgehead atoms. The lowest BCUT2D eigenvalue weighted by Gasteiger charge is -2.08. The Hall–Kier alpha value is -2.05. The summed E-state index contributed by atoms with van der Waals surface area (Å²) in [4.78, 5) is 12.2. The van der Waals surface area contributed by atoms with Crippen LogP contribution >= 0.6 is 11.8 Å². The average molecular weight is 359 g/mol. The number of rotatable bonds is 4. The van der Waals surface area contributed by atoms with Crippen molar-refractivity contribution in [2.24, 2.45) is 0 Å². The lowest BCUT2D eigenvalue weighted by molar-refractivity contribution is 0.108. The Balaban J connectivity index is 2.07. The SMILES string of the molecule is CCSC(=O)c1ccc2c(ccn2S(=O)(=O)c2ccc(C)cc2)c1. The molecule has 0 aliphatic carbocycles. The van der Waals surface area contributed by atoms with Crippen molar-refractivity contribution in [3.8, 4) is 0 Å². The third-order valence-electron chi connectivity index (χ3n) is 3.74. The molecule has 0 saturated carbocycles. The molecule has 2 aromatic carbocycles. The van der Waals surface area contributed by atoms with E-state index in [0.717, 1.165) is 10.9 Å². The van der Waals surface area contributed by atoms with E-state index < -0.39 is 10.0 Å². The highest BCUT2D eigenvalue weighted by Gasteiger charge is 2.19. The molecule has 0 saturated heterocycles. The third-order valence-corrected chi connectivity index (χ3v) is 6.23. The van der Waals surface area contributed by atoms with Gasteiger partial charge in [0.15, 0.2) is 0 Å². The summed E-state index contributed by atoms with van der Waals surface area (Å²) in [5.41, 5.74) is 2.15. The predicted molar refractivity (Wildman–Crippen MR) is 98.2 cm³/mol. The van der Waals surface area contributed by atoms with Crippen molar-refractivity contribution in [3.05, 3.63) is 65.9 Å². The number of hydrogen-bond donors (Lipinski definition) is 0. The maximum atomic E-state index is 12.8. The Morgan fingerprint density at radius 1 is 1.08 bits per heavy atom. The summed E-state index contributed by atoms with van der Waals surface area (Å²) in [5, 5.41) is 0.724. The van der Waals surface area contributed by atoms with Crippen LogP contribution in [0, 0.1) is 6.92 Å². The molecule has 3 rings (SSSR count). The molecule has 24 heavy (non-hydrogen) atoms. The van der Waals surface area contributed by atoms with E-state index in [1.807, 2.05) is 13.8 Å². The maximum Gasteiger partial charge on any atom is 0.268 e. The van der Waals surface area contributed by atoms with E-state index >= 15 is 0 Å². The number of aromatic nitrogens is 1. The van der Waals surface area contributed by atoms with Crippen molar-refractivity contribution in [2.75, 3.05) is 5.75 Å². The van der Waals surface area contributed by atoms with Crippen LogP contribution in [-0.4, -0.2) is 23.3 Å². The smallest absolute Gasteiger partial charge is 0.268 e. The minimum atomic E-state index is -3.66.